The smallest absolute Gasteiger partial charge is 0.338 e. The van der Waals surface area contributed by atoms with Crippen LogP contribution in [0.2, 0.25) is 0 Å². The molecular weight excluding hydrogens is 416 g/mol. The van der Waals surface area contributed by atoms with Crippen molar-refractivity contribution in [2.24, 2.45) is 0 Å². The van der Waals surface area contributed by atoms with Crippen molar-refractivity contribution in [1.29, 1.82) is 0 Å². The quantitative estimate of drug-likeness (QED) is 0.224. The first-order chi connectivity index (χ1) is 16.3. The van der Waals surface area contributed by atoms with Crippen LogP contribution in [-0.2, 0) is 4.74 Å². The molecule has 1 aromatic heterocycles. The van der Waals surface area contributed by atoms with Crippen molar-refractivity contribution < 1.29 is 14.3 Å². The Labute approximate surface area is 193 Å². The van der Waals surface area contributed by atoms with E-state index in [-0.39, 0.29) is 12.6 Å². The largest absolute Gasteiger partial charge is 0.490 e. The van der Waals surface area contributed by atoms with Gasteiger partial charge < -0.3 is 20.1 Å². The average molecular weight is 445 g/mol. The maximum atomic E-state index is 12.5. The number of carbonyl (C=O) groups excluding carboxylic acids is 1. The Morgan fingerprint density at radius 3 is 2.55 bits per heavy atom. The van der Waals surface area contributed by atoms with Crippen molar-refractivity contribution in [2.45, 2.75) is 12.5 Å². The van der Waals surface area contributed by atoms with Crippen LogP contribution < -0.4 is 15.4 Å². The highest BCUT2D eigenvalue weighted by Crippen LogP contribution is 2.20. The number of anilines is 1. The number of hydrogen-bond acceptors (Lipinski definition) is 6. The highest BCUT2D eigenvalue weighted by molar-refractivity contribution is 5.91. The van der Waals surface area contributed by atoms with Crippen LogP contribution in [0.3, 0.4) is 0 Å². The molecule has 0 aliphatic heterocycles. The van der Waals surface area contributed by atoms with E-state index >= 15 is 0 Å². The van der Waals surface area contributed by atoms with Crippen LogP contribution in [0.1, 0.15) is 16.8 Å². The van der Waals surface area contributed by atoms with Crippen molar-refractivity contribution in [1.82, 2.24) is 15.5 Å². The Kier molecular flexibility index (Phi) is 7.92. The molecule has 33 heavy (non-hydrogen) atoms. The van der Waals surface area contributed by atoms with E-state index in [9.17, 15) is 4.79 Å². The summed E-state index contributed by atoms with van der Waals surface area (Å²) in [7, 11) is 0. The van der Waals surface area contributed by atoms with Gasteiger partial charge in [-0.15, -0.1) is 0 Å². The molecule has 7 heteroatoms. The first-order valence-electron chi connectivity index (χ1n) is 11.1. The van der Waals surface area contributed by atoms with Gasteiger partial charge in [-0.3, -0.25) is 5.10 Å². The number of rotatable bonds is 12. The molecule has 3 N–H and O–H groups in total. The molecule has 0 aliphatic carbocycles. The molecule has 4 rings (SSSR count). The SMILES string of the molecule is O=C(OC(CNCCCNc1cccc2[nH]ncc12)COc1ccccc1)c1ccccc1. The fraction of sp³-hybridized carbons (Fsp3) is 0.231. The molecule has 1 unspecified atom stereocenters. The first-order valence-corrected chi connectivity index (χ1v) is 11.1. The van der Waals surface area contributed by atoms with Gasteiger partial charge >= 0.3 is 5.97 Å². The minimum atomic E-state index is -0.412. The highest BCUT2D eigenvalue weighted by atomic mass is 16.6. The summed E-state index contributed by atoms with van der Waals surface area (Å²) in [6, 6.07) is 24.6. The van der Waals surface area contributed by atoms with E-state index in [0.717, 1.165) is 41.9 Å². The number of hydrogen-bond donors (Lipinski definition) is 3. The zero-order chi connectivity index (χ0) is 22.7. The molecule has 1 atom stereocenters. The number of H-pyrrole nitrogens is 1. The van der Waals surface area contributed by atoms with Gasteiger partial charge in [0.2, 0.25) is 0 Å². The minimum Gasteiger partial charge on any atom is -0.490 e. The van der Waals surface area contributed by atoms with E-state index < -0.39 is 6.10 Å². The lowest BCUT2D eigenvalue weighted by Gasteiger charge is -2.19. The van der Waals surface area contributed by atoms with Crippen LogP contribution in [-0.4, -0.2) is 48.5 Å². The van der Waals surface area contributed by atoms with Crippen molar-refractivity contribution in [3.05, 3.63) is 90.6 Å². The van der Waals surface area contributed by atoms with Gasteiger partial charge in [0.05, 0.1) is 17.3 Å². The van der Waals surface area contributed by atoms with E-state index in [2.05, 4.69) is 20.8 Å². The van der Waals surface area contributed by atoms with Crippen LogP contribution in [0.25, 0.3) is 10.9 Å². The summed E-state index contributed by atoms with van der Waals surface area (Å²) in [4.78, 5) is 12.5. The number of carbonyl (C=O) groups is 1. The van der Waals surface area contributed by atoms with E-state index in [0.29, 0.717) is 12.1 Å². The summed E-state index contributed by atoms with van der Waals surface area (Å²) in [6.07, 6.45) is 2.33. The van der Waals surface area contributed by atoms with Gasteiger partial charge in [0.1, 0.15) is 18.5 Å². The number of fused-ring (bicyclic) bond motifs is 1. The Morgan fingerprint density at radius 2 is 1.73 bits per heavy atom. The van der Waals surface area contributed by atoms with Crippen LogP contribution >= 0.6 is 0 Å². The molecular formula is C26H28N4O3. The third kappa shape index (κ3) is 6.57. The average Bonchev–Trinajstić information content (AvgIpc) is 3.35. The second kappa shape index (κ2) is 11.7. The van der Waals surface area contributed by atoms with Crippen LogP contribution in [0.5, 0.6) is 5.75 Å². The van der Waals surface area contributed by atoms with Crippen molar-refractivity contribution >= 4 is 22.6 Å². The molecule has 0 amide bonds. The fourth-order valence-corrected chi connectivity index (χ4v) is 3.46. The van der Waals surface area contributed by atoms with Crippen LogP contribution in [0.4, 0.5) is 5.69 Å². The number of aromatic amines is 1. The lowest BCUT2D eigenvalue weighted by atomic mass is 10.2. The molecule has 0 spiro atoms. The van der Waals surface area contributed by atoms with Crippen molar-refractivity contribution in [3.63, 3.8) is 0 Å². The summed E-state index contributed by atoms with van der Waals surface area (Å²) in [5, 5.41) is 15.0. The van der Waals surface area contributed by atoms with Crippen molar-refractivity contribution in [2.75, 3.05) is 31.6 Å². The number of esters is 1. The molecule has 7 nitrogen and oxygen atoms in total. The number of benzene rings is 3. The number of nitrogens with one attached hydrogen (secondary N) is 3. The number of aromatic nitrogens is 2. The molecule has 4 aromatic rings. The third-order valence-corrected chi connectivity index (χ3v) is 5.16. The summed E-state index contributed by atoms with van der Waals surface area (Å²) >= 11 is 0. The lowest BCUT2D eigenvalue weighted by Crippen LogP contribution is -2.36. The highest BCUT2D eigenvalue weighted by Gasteiger charge is 2.17. The first kappa shape index (κ1) is 22.4. The standard InChI is InChI=1S/C26H28N4O3/c31-26(20-9-3-1-4-10-20)33-22(19-32-21-11-5-2-6-12-21)17-27-15-8-16-28-24-13-7-14-25-23(24)18-29-30-25/h1-7,9-14,18,22,27-28H,8,15-17,19H2,(H,29,30). The predicted molar refractivity (Wildman–Crippen MR) is 130 cm³/mol. The molecule has 1 heterocycles. The molecule has 3 aromatic carbocycles. The van der Waals surface area contributed by atoms with Gasteiger partial charge in [0.25, 0.3) is 0 Å². The minimum absolute atomic E-state index is 0.274. The van der Waals surface area contributed by atoms with E-state index in [4.69, 9.17) is 9.47 Å². The van der Waals surface area contributed by atoms with E-state index in [1.54, 1.807) is 12.1 Å². The van der Waals surface area contributed by atoms with Crippen molar-refractivity contribution in [3.8, 4) is 5.75 Å². The van der Waals surface area contributed by atoms with E-state index in [1.165, 1.54) is 0 Å². The molecule has 0 aliphatic rings. The Bertz CT molecular complexity index is 1130. The van der Waals surface area contributed by atoms with Crippen LogP contribution in [0.15, 0.2) is 85.1 Å². The van der Waals surface area contributed by atoms with E-state index in [1.807, 2.05) is 72.9 Å². The molecule has 0 bridgehead atoms. The molecule has 0 saturated carbocycles. The summed E-state index contributed by atoms with van der Waals surface area (Å²) < 4.78 is 11.6. The molecule has 0 fully saturated rings. The summed E-state index contributed by atoms with van der Waals surface area (Å²) in [5.41, 5.74) is 2.60. The lowest BCUT2D eigenvalue weighted by molar-refractivity contribution is 0.0178. The number of nitrogens with zero attached hydrogens (tertiary/aromatic N) is 1. The van der Waals surface area contributed by atoms with Crippen LogP contribution in [0, 0.1) is 0 Å². The maximum Gasteiger partial charge on any atom is 0.338 e. The van der Waals surface area contributed by atoms with Gasteiger partial charge in [-0.2, -0.15) is 5.10 Å². The predicted octanol–water partition coefficient (Wildman–Crippen LogP) is 4.26. The zero-order valence-electron chi connectivity index (χ0n) is 18.4. The maximum absolute atomic E-state index is 12.5. The Hall–Kier alpha value is -3.84. The number of para-hydroxylation sites is 1. The molecule has 170 valence electrons. The second-order valence-electron chi connectivity index (χ2n) is 7.64. The Morgan fingerprint density at radius 1 is 0.939 bits per heavy atom. The number of ether oxygens (including phenoxy) is 2. The topological polar surface area (TPSA) is 88.3 Å². The zero-order valence-corrected chi connectivity index (χ0v) is 18.4. The normalized spacial score (nSPS) is 11.8. The molecule has 0 radical (unpaired) electrons. The molecule has 0 saturated heterocycles. The van der Waals surface area contributed by atoms with Gasteiger partial charge in [-0.25, -0.2) is 4.79 Å². The van der Waals surface area contributed by atoms with Gasteiger partial charge in [-0.1, -0.05) is 42.5 Å². The Balaban J connectivity index is 1.24. The second-order valence-corrected chi connectivity index (χ2v) is 7.64. The van der Waals surface area contributed by atoms with Gasteiger partial charge in [0.15, 0.2) is 0 Å². The summed E-state index contributed by atoms with van der Waals surface area (Å²) in [6.45, 7) is 2.37. The summed E-state index contributed by atoms with van der Waals surface area (Å²) in [5.74, 6) is 0.393. The third-order valence-electron chi connectivity index (χ3n) is 5.16. The fourth-order valence-electron chi connectivity index (χ4n) is 3.46. The van der Waals surface area contributed by atoms with Gasteiger partial charge in [-0.05, 0) is 49.4 Å². The monoisotopic (exact) mass is 444 g/mol. The van der Waals surface area contributed by atoms with Gasteiger partial charge in [0, 0.05) is 24.2 Å².